The quantitative estimate of drug-likeness (QED) is 0.739. The van der Waals surface area contributed by atoms with Gasteiger partial charge in [0.25, 0.3) is 0 Å². The Morgan fingerprint density at radius 1 is 1.29 bits per heavy atom. The zero-order valence-electron chi connectivity index (χ0n) is 16.0. The smallest absolute Gasteiger partial charge is 0.249 e. The SMILES string of the molecule is COc1ccc(C(NC(=O)[C@@H]2CC[C@H](CN)O2)c2ccccc2Cl)c(C)c1.Cl. The third-order valence-corrected chi connectivity index (χ3v) is 5.30. The highest BCUT2D eigenvalue weighted by Gasteiger charge is 2.32. The van der Waals surface area contributed by atoms with Gasteiger partial charge >= 0.3 is 0 Å². The van der Waals surface area contributed by atoms with Crippen LogP contribution >= 0.6 is 24.0 Å². The van der Waals surface area contributed by atoms with Crippen LogP contribution in [-0.2, 0) is 9.53 Å². The fourth-order valence-corrected chi connectivity index (χ4v) is 3.68. The first-order valence-corrected chi connectivity index (χ1v) is 9.46. The van der Waals surface area contributed by atoms with Gasteiger partial charge in [-0.15, -0.1) is 12.4 Å². The van der Waals surface area contributed by atoms with E-state index in [9.17, 15) is 4.79 Å². The highest BCUT2D eigenvalue weighted by Crippen LogP contribution is 2.32. The number of nitrogens with one attached hydrogen (secondary N) is 1. The summed E-state index contributed by atoms with van der Waals surface area (Å²) in [5.74, 6) is 0.622. The van der Waals surface area contributed by atoms with E-state index in [4.69, 9.17) is 26.8 Å². The molecule has 3 N–H and O–H groups in total. The molecule has 1 heterocycles. The van der Waals surface area contributed by atoms with Gasteiger partial charge in [0.15, 0.2) is 0 Å². The summed E-state index contributed by atoms with van der Waals surface area (Å²) in [6.07, 6.45) is 0.932. The summed E-state index contributed by atoms with van der Waals surface area (Å²) in [5.41, 5.74) is 8.47. The van der Waals surface area contributed by atoms with Crippen LogP contribution in [0.15, 0.2) is 42.5 Å². The molecule has 1 aliphatic rings. The second-order valence-corrected chi connectivity index (χ2v) is 7.15. The van der Waals surface area contributed by atoms with Crippen molar-refractivity contribution < 1.29 is 14.3 Å². The summed E-state index contributed by atoms with van der Waals surface area (Å²) < 4.78 is 11.1. The Balaban J connectivity index is 0.00000280. The van der Waals surface area contributed by atoms with Crippen molar-refractivity contribution in [2.45, 2.75) is 38.0 Å². The Morgan fingerprint density at radius 2 is 2.04 bits per heavy atom. The lowest BCUT2D eigenvalue weighted by atomic mass is 9.94. The summed E-state index contributed by atoms with van der Waals surface area (Å²) in [6, 6.07) is 12.9. The summed E-state index contributed by atoms with van der Waals surface area (Å²) in [6.45, 7) is 2.42. The molecule has 2 aromatic rings. The molecule has 1 amide bonds. The summed E-state index contributed by atoms with van der Waals surface area (Å²) in [5, 5.41) is 3.73. The first-order valence-electron chi connectivity index (χ1n) is 9.08. The second-order valence-electron chi connectivity index (χ2n) is 6.75. The van der Waals surface area contributed by atoms with Gasteiger partial charge in [-0.25, -0.2) is 0 Å². The predicted octanol–water partition coefficient (Wildman–Crippen LogP) is 3.79. The van der Waals surface area contributed by atoms with Crippen molar-refractivity contribution in [3.8, 4) is 5.75 Å². The average Bonchev–Trinajstić information content (AvgIpc) is 3.16. The van der Waals surface area contributed by atoms with Crippen LogP contribution < -0.4 is 15.8 Å². The maximum absolute atomic E-state index is 12.9. The Labute approximate surface area is 177 Å². The standard InChI is InChI=1S/C21H25ClN2O3.ClH/c1-13-11-14(26-2)7-9-16(13)20(17-5-3-4-6-18(17)22)24-21(25)19-10-8-15(12-23)27-19;/h3-7,9,11,15,19-20H,8,10,12,23H2,1-2H3,(H,24,25);1H/t15-,19+,20?;/m1./s1. The minimum Gasteiger partial charge on any atom is -0.497 e. The van der Waals surface area contributed by atoms with Crippen LogP contribution in [0.2, 0.25) is 5.02 Å². The van der Waals surface area contributed by atoms with E-state index < -0.39 is 6.10 Å². The number of ether oxygens (including phenoxy) is 2. The first-order chi connectivity index (χ1) is 13.0. The summed E-state index contributed by atoms with van der Waals surface area (Å²) in [4.78, 5) is 12.9. The van der Waals surface area contributed by atoms with Crippen molar-refractivity contribution in [2.75, 3.05) is 13.7 Å². The van der Waals surface area contributed by atoms with Gasteiger partial charge in [-0.2, -0.15) is 0 Å². The zero-order valence-corrected chi connectivity index (χ0v) is 17.6. The molecule has 0 aliphatic carbocycles. The maximum atomic E-state index is 12.9. The van der Waals surface area contributed by atoms with Crippen LogP contribution in [0.3, 0.4) is 0 Å². The summed E-state index contributed by atoms with van der Waals surface area (Å²) in [7, 11) is 1.63. The number of aryl methyl sites for hydroxylation is 1. The monoisotopic (exact) mass is 424 g/mol. The third-order valence-electron chi connectivity index (χ3n) is 4.95. The van der Waals surface area contributed by atoms with Gasteiger partial charge in [-0.1, -0.05) is 35.9 Å². The molecule has 0 saturated carbocycles. The summed E-state index contributed by atoms with van der Waals surface area (Å²) >= 11 is 6.44. The molecule has 2 aromatic carbocycles. The van der Waals surface area contributed by atoms with Crippen LogP contribution in [0.25, 0.3) is 0 Å². The maximum Gasteiger partial charge on any atom is 0.249 e. The van der Waals surface area contributed by atoms with E-state index in [2.05, 4.69) is 5.32 Å². The van der Waals surface area contributed by atoms with Crippen molar-refractivity contribution in [2.24, 2.45) is 5.73 Å². The largest absolute Gasteiger partial charge is 0.497 e. The van der Waals surface area contributed by atoms with Crippen LogP contribution in [0.1, 0.15) is 35.6 Å². The van der Waals surface area contributed by atoms with Crippen LogP contribution in [-0.4, -0.2) is 31.8 Å². The molecule has 1 unspecified atom stereocenters. The second kappa shape index (κ2) is 10.1. The molecule has 0 bridgehead atoms. The number of hydrogen-bond donors (Lipinski definition) is 2. The Hall–Kier alpha value is -1.79. The van der Waals surface area contributed by atoms with Gasteiger partial charge < -0.3 is 20.5 Å². The van der Waals surface area contributed by atoms with E-state index >= 15 is 0 Å². The molecule has 0 aromatic heterocycles. The first kappa shape index (κ1) is 22.5. The predicted molar refractivity (Wildman–Crippen MR) is 113 cm³/mol. The average molecular weight is 425 g/mol. The molecule has 0 radical (unpaired) electrons. The van der Waals surface area contributed by atoms with Crippen molar-refractivity contribution in [3.05, 3.63) is 64.2 Å². The van der Waals surface area contributed by atoms with Gasteiger partial charge in [0.1, 0.15) is 11.9 Å². The van der Waals surface area contributed by atoms with Crippen LogP contribution in [0.4, 0.5) is 0 Å². The van der Waals surface area contributed by atoms with E-state index in [1.165, 1.54) is 0 Å². The molecule has 3 atom stereocenters. The number of amides is 1. The zero-order chi connectivity index (χ0) is 19.4. The molecule has 3 rings (SSSR count). The number of benzene rings is 2. The highest BCUT2D eigenvalue weighted by molar-refractivity contribution is 6.31. The van der Waals surface area contributed by atoms with Gasteiger partial charge in [0.2, 0.25) is 5.91 Å². The molecule has 0 spiro atoms. The molecule has 7 heteroatoms. The normalized spacial score (nSPS) is 19.6. The van der Waals surface area contributed by atoms with E-state index in [-0.39, 0.29) is 30.5 Å². The van der Waals surface area contributed by atoms with E-state index in [0.29, 0.717) is 18.0 Å². The molecule has 152 valence electrons. The number of carbonyl (C=O) groups excluding carboxylic acids is 1. The van der Waals surface area contributed by atoms with Gasteiger partial charge in [-0.05, 0) is 54.7 Å². The van der Waals surface area contributed by atoms with Crippen molar-refractivity contribution in [1.82, 2.24) is 5.32 Å². The fourth-order valence-electron chi connectivity index (χ4n) is 3.44. The molecular formula is C21H26Cl2N2O3. The Kier molecular flexibility index (Phi) is 8.13. The number of nitrogens with two attached hydrogens (primary N) is 1. The van der Waals surface area contributed by atoms with E-state index in [0.717, 1.165) is 28.9 Å². The van der Waals surface area contributed by atoms with Crippen molar-refractivity contribution in [1.29, 1.82) is 0 Å². The minimum absolute atomic E-state index is 0. The fraction of sp³-hybridized carbons (Fsp3) is 0.381. The number of carbonyl (C=O) groups is 1. The van der Waals surface area contributed by atoms with Gasteiger partial charge in [0, 0.05) is 11.6 Å². The number of methoxy groups -OCH3 is 1. The lowest BCUT2D eigenvalue weighted by Gasteiger charge is -2.24. The lowest BCUT2D eigenvalue weighted by Crippen LogP contribution is -2.38. The number of rotatable bonds is 6. The van der Waals surface area contributed by atoms with Crippen LogP contribution in [0, 0.1) is 6.92 Å². The van der Waals surface area contributed by atoms with Crippen molar-refractivity contribution in [3.63, 3.8) is 0 Å². The van der Waals surface area contributed by atoms with Crippen LogP contribution in [0.5, 0.6) is 5.75 Å². The Morgan fingerprint density at radius 3 is 2.64 bits per heavy atom. The number of halogens is 2. The van der Waals surface area contributed by atoms with Gasteiger partial charge in [-0.3, -0.25) is 4.79 Å². The molecule has 5 nitrogen and oxygen atoms in total. The molecule has 1 aliphatic heterocycles. The minimum atomic E-state index is -0.484. The third kappa shape index (κ3) is 4.97. The molecule has 1 fully saturated rings. The highest BCUT2D eigenvalue weighted by atomic mass is 35.5. The van der Waals surface area contributed by atoms with E-state index in [1.807, 2.05) is 49.4 Å². The Bertz CT molecular complexity index is 816. The van der Waals surface area contributed by atoms with Gasteiger partial charge in [0.05, 0.1) is 19.3 Å². The van der Waals surface area contributed by atoms with E-state index in [1.54, 1.807) is 7.11 Å². The molecule has 1 saturated heterocycles. The lowest BCUT2D eigenvalue weighted by molar-refractivity contribution is -0.132. The topological polar surface area (TPSA) is 73.6 Å². The van der Waals surface area contributed by atoms with Crippen molar-refractivity contribution >= 4 is 29.9 Å². The number of hydrogen-bond acceptors (Lipinski definition) is 4. The molecule has 28 heavy (non-hydrogen) atoms. The molecular weight excluding hydrogens is 399 g/mol.